The van der Waals surface area contributed by atoms with Gasteiger partial charge in [-0.1, -0.05) is 29.8 Å². The Bertz CT molecular complexity index is 422. The van der Waals surface area contributed by atoms with E-state index in [-0.39, 0.29) is 12.0 Å². The van der Waals surface area contributed by atoms with Crippen molar-refractivity contribution in [2.75, 3.05) is 13.1 Å². The molecule has 3 nitrogen and oxygen atoms in total. The average Bonchev–Trinajstić information content (AvgIpc) is 2.37. The zero-order valence-electron chi connectivity index (χ0n) is 10.3. The Kier molecular flexibility index (Phi) is 4.61. The molecule has 2 rings (SSSR count). The smallest absolute Gasteiger partial charge is 0.222 e. The Balaban J connectivity index is 1.86. The number of likely N-dealkylation sites (tertiary alicyclic amines) is 1. The van der Waals surface area contributed by atoms with E-state index in [9.17, 15) is 9.90 Å². The molecule has 0 bridgehead atoms. The van der Waals surface area contributed by atoms with Crippen molar-refractivity contribution in [1.29, 1.82) is 0 Å². The third-order valence-corrected chi connectivity index (χ3v) is 3.68. The number of nitrogens with zero attached hydrogens (tertiary/aromatic N) is 1. The Labute approximate surface area is 112 Å². The van der Waals surface area contributed by atoms with Gasteiger partial charge in [-0.25, -0.2) is 0 Å². The van der Waals surface area contributed by atoms with Crippen LogP contribution >= 0.6 is 11.6 Å². The highest BCUT2D eigenvalue weighted by Gasteiger charge is 2.21. The normalized spacial score (nSPS) is 19.9. The quantitative estimate of drug-likeness (QED) is 0.913. The predicted molar refractivity (Wildman–Crippen MR) is 71.6 cm³/mol. The van der Waals surface area contributed by atoms with E-state index >= 15 is 0 Å². The maximum atomic E-state index is 12.0. The van der Waals surface area contributed by atoms with Crippen molar-refractivity contribution in [2.24, 2.45) is 0 Å². The molecule has 98 valence electrons. The van der Waals surface area contributed by atoms with Gasteiger partial charge in [0.2, 0.25) is 5.91 Å². The molecule has 1 fully saturated rings. The zero-order chi connectivity index (χ0) is 13.0. The molecule has 0 aromatic heterocycles. The summed E-state index contributed by atoms with van der Waals surface area (Å²) in [4.78, 5) is 13.8. The Morgan fingerprint density at radius 1 is 1.44 bits per heavy atom. The van der Waals surface area contributed by atoms with E-state index in [1.54, 1.807) is 4.90 Å². The second kappa shape index (κ2) is 6.21. The average molecular weight is 268 g/mol. The summed E-state index contributed by atoms with van der Waals surface area (Å²) < 4.78 is 0. The minimum absolute atomic E-state index is 0.105. The first-order valence-corrected chi connectivity index (χ1v) is 6.74. The summed E-state index contributed by atoms with van der Waals surface area (Å²) in [5.74, 6) is 0.105. The highest BCUT2D eigenvalue weighted by atomic mass is 35.5. The molecule has 18 heavy (non-hydrogen) atoms. The van der Waals surface area contributed by atoms with Crippen LogP contribution in [-0.2, 0) is 11.2 Å². The van der Waals surface area contributed by atoms with Crippen molar-refractivity contribution in [3.63, 3.8) is 0 Å². The third kappa shape index (κ3) is 3.47. The maximum Gasteiger partial charge on any atom is 0.222 e. The molecule has 1 aliphatic rings. The number of β-amino-alcohol motifs (C(OH)–C–C–N with tert-alkyl or cyclic N) is 1. The van der Waals surface area contributed by atoms with Crippen LogP contribution in [0.3, 0.4) is 0 Å². The molecule has 1 saturated heterocycles. The minimum Gasteiger partial charge on any atom is -0.391 e. The second-order valence-corrected chi connectivity index (χ2v) is 5.13. The Hall–Kier alpha value is -1.06. The van der Waals surface area contributed by atoms with Crippen LogP contribution in [0.4, 0.5) is 0 Å². The molecule has 0 saturated carbocycles. The molecule has 0 spiro atoms. The van der Waals surface area contributed by atoms with Gasteiger partial charge in [-0.2, -0.15) is 0 Å². The standard InChI is InChI=1S/C14H18ClNO2/c15-13-6-2-1-4-11(13)7-8-14(18)16-9-3-5-12(17)10-16/h1-2,4,6,12,17H,3,5,7-10H2. The molecule has 1 N–H and O–H groups in total. The van der Waals surface area contributed by atoms with E-state index in [1.165, 1.54) is 0 Å². The molecule has 4 heteroatoms. The summed E-state index contributed by atoms with van der Waals surface area (Å²) in [5.41, 5.74) is 1.00. The molecule has 1 heterocycles. The van der Waals surface area contributed by atoms with E-state index < -0.39 is 0 Å². The van der Waals surface area contributed by atoms with E-state index in [2.05, 4.69) is 0 Å². The molecule has 1 aliphatic heterocycles. The second-order valence-electron chi connectivity index (χ2n) is 4.73. The predicted octanol–water partition coefficient (Wildman–Crippen LogP) is 2.26. The summed E-state index contributed by atoms with van der Waals surface area (Å²) in [6, 6.07) is 7.59. The molecule has 1 atom stereocenters. The van der Waals surface area contributed by atoms with E-state index in [4.69, 9.17) is 11.6 Å². The largest absolute Gasteiger partial charge is 0.391 e. The number of carbonyl (C=O) groups is 1. The number of halogens is 1. The van der Waals surface area contributed by atoms with Crippen molar-refractivity contribution in [1.82, 2.24) is 4.90 Å². The van der Waals surface area contributed by atoms with Crippen LogP contribution in [0.25, 0.3) is 0 Å². The van der Waals surface area contributed by atoms with Crippen molar-refractivity contribution in [3.05, 3.63) is 34.9 Å². The first-order valence-electron chi connectivity index (χ1n) is 6.36. The molecule has 0 aliphatic carbocycles. The Morgan fingerprint density at radius 3 is 2.94 bits per heavy atom. The van der Waals surface area contributed by atoms with Crippen molar-refractivity contribution >= 4 is 17.5 Å². The first kappa shape index (κ1) is 13.4. The number of aliphatic hydroxyl groups is 1. The lowest BCUT2D eigenvalue weighted by molar-refractivity contribution is -0.134. The van der Waals surface area contributed by atoms with E-state index in [0.717, 1.165) is 24.9 Å². The lowest BCUT2D eigenvalue weighted by Crippen LogP contribution is -2.42. The van der Waals surface area contributed by atoms with Gasteiger partial charge in [0.25, 0.3) is 0 Å². The maximum absolute atomic E-state index is 12.0. The van der Waals surface area contributed by atoms with Gasteiger partial charge in [-0.15, -0.1) is 0 Å². The fraction of sp³-hybridized carbons (Fsp3) is 0.500. The van der Waals surface area contributed by atoms with Gasteiger partial charge in [0.15, 0.2) is 0 Å². The van der Waals surface area contributed by atoms with Crippen LogP contribution in [0.2, 0.25) is 5.02 Å². The molecule has 1 aromatic rings. The number of piperidine rings is 1. The van der Waals surface area contributed by atoms with Gasteiger partial charge in [0, 0.05) is 24.5 Å². The summed E-state index contributed by atoms with van der Waals surface area (Å²) in [6.07, 6.45) is 2.44. The SMILES string of the molecule is O=C(CCc1ccccc1Cl)N1CCCC(O)C1. The molecule has 1 unspecified atom stereocenters. The van der Waals surface area contributed by atoms with Crippen molar-refractivity contribution in [3.8, 4) is 0 Å². The number of aliphatic hydroxyl groups excluding tert-OH is 1. The lowest BCUT2D eigenvalue weighted by Gasteiger charge is -2.30. The van der Waals surface area contributed by atoms with Gasteiger partial charge in [-0.3, -0.25) is 4.79 Å². The van der Waals surface area contributed by atoms with Crippen LogP contribution in [-0.4, -0.2) is 35.1 Å². The van der Waals surface area contributed by atoms with E-state index in [1.807, 2.05) is 24.3 Å². The number of aryl methyl sites for hydroxylation is 1. The zero-order valence-corrected chi connectivity index (χ0v) is 11.1. The van der Waals surface area contributed by atoms with Gasteiger partial charge < -0.3 is 10.0 Å². The molecular weight excluding hydrogens is 250 g/mol. The molecule has 1 amide bonds. The minimum atomic E-state index is -0.358. The lowest BCUT2D eigenvalue weighted by atomic mass is 10.1. The van der Waals surface area contributed by atoms with Crippen molar-refractivity contribution in [2.45, 2.75) is 31.8 Å². The summed E-state index contributed by atoms with van der Waals surface area (Å²) in [5, 5.41) is 10.3. The van der Waals surface area contributed by atoms with E-state index in [0.29, 0.717) is 24.4 Å². The molecule has 1 aromatic carbocycles. The summed E-state index contributed by atoms with van der Waals surface area (Å²) in [6.45, 7) is 1.24. The number of benzene rings is 1. The first-order chi connectivity index (χ1) is 8.66. The number of hydrogen-bond donors (Lipinski definition) is 1. The van der Waals surface area contributed by atoms with Gasteiger partial charge in [0.1, 0.15) is 0 Å². The molecular formula is C14H18ClNO2. The number of rotatable bonds is 3. The third-order valence-electron chi connectivity index (χ3n) is 3.32. The molecule has 0 radical (unpaired) electrons. The number of amides is 1. The number of carbonyl (C=O) groups excluding carboxylic acids is 1. The van der Waals surface area contributed by atoms with Crippen molar-refractivity contribution < 1.29 is 9.90 Å². The monoisotopic (exact) mass is 267 g/mol. The topological polar surface area (TPSA) is 40.5 Å². The van der Waals surface area contributed by atoms with Crippen LogP contribution in [0, 0.1) is 0 Å². The van der Waals surface area contributed by atoms with Crippen LogP contribution in [0.5, 0.6) is 0 Å². The number of hydrogen-bond acceptors (Lipinski definition) is 2. The van der Waals surface area contributed by atoms with Crippen LogP contribution < -0.4 is 0 Å². The highest BCUT2D eigenvalue weighted by Crippen LogP contribution is 2.18. The highest BCUT2D eigenvalue weighted by molar-refractivity contribution is 6.31. The van der Waals surface area contributed by atoms with Gasteiger partial charge in [0.05, 0.1) is 6.10 Å². The Morgan fingerprint density at radius 2 is 2.22 bits per heavy atom. The van der Waals surface area contributed by atoms with Gasteiger partial charge in [-0.05, 0) is 30.9 Å². The fourth-order valence-corrected chi connectivity index (χ4v) is 2.51. The summed E-state index contributed by atoms with van der Waals surface area (Å²) in [7, 11) is 0. The van der Waals surface area contributed by atoms with Crippen LogP contribution in [0.15, 0.2) is 24.3 Å². The fourth-order valence-electron chi connectivity index (χ4n) is 2.28. The van der Waals surface area contributed by atoms with Gasteiger partial charge >= 0.3 is 0 Å². The summed E-state index contributed by atoms with van der Waals surface area (Å²) >= 11 is 6.05. The van der Waals surface area contributed by atoms with Crippen LogP contribution in [0.1, 0.15) is 24.8 Å².